The minimum atomic E-state index is -0.284. The Balaban J connectivity index is 1.76. The van der Waals surface area contributed by atoms with Gasteiger partial charge in [0.15, 0.2) is 0 Å². The molecule has 2 aromatic rings. The van der Waals surface area contributed by atoms with Crippen LogP contribution in [-0.2, 0) is 17.9 Å². The molecule has 0 atom stereocenters. The van der Waals surface area contributed by atoms with Gasteiger partial charge in [-0.1, -0.05) is 36.1 Å². The number of nitriles is 1. The number of hydrogen-bond acceptors (Lipinski definition) is 7. The first kappa shape index (κ1) is 24.0. The fourth-order valence-corrected chi connectivity index (χ4v) is 5.62. The number of carbonyl (C=O) groups excluding carboxylic acids is 1. The van der Waals surface area contributed by atoms with Crippen LogP contribution >= 0.6 is 24.0 Å². The normalized spacial score (nSPS) is 17.1. The highest BCUT2D eigenvalue weighted by Gasteiger charge is 2.33. The van der Waals surface area contributed by atoms with E-state index in [1.54, 1.807) is 23.5 Å². The Labute approximate surface area is 208 Å². The SMILES string of the molecule is CCn1c(N2CCCC2)c(/C=C2/SC(=S)N(Cc3ccc(OC)cc3)C2=O)c(C)c(C#N)c1=O. The zero-order chi connectivity index (χ0) is 24.4. The lowest BCUT2D eigenvalue weighted by molar-refractivity contribution is -0.122. The molecule has 34 heavy (non-hydrogen) atoms. The van der Waals surface area contributed by atoms with Crippen molar-refractivity contribution in [1.29, 1.82) is 5.26 Å². The number of carbonyl (C=O) groups is 1. The summed E-state index contributed by atoms with van der Waals surface area (Å²) < 4.78 is 7.34. The van der Waals surface area contributed by atoms with Gasteiger partial charge in [-0.2, -0.15) is 5.26 Å². The monoisotopic (exact) mass is 494 g/mol. The number of rotatable bonds is 6. The fraction of sp³-hybridized carbons (Fsp3) is 0.360. The summed E-state index contributed by atoms with van der Waals surface area (Å²) in [7, 11) is 1.61. The molecule has 1 amide bonds. The second-order valence-corrected chi connectivity index (χ2v) is 9.88. The van der Waals surface area contributed by atoms with Crippen LogP contribution in [0.3, 0.4) is 0 Å². The quantitative estimate of drug-likeness (QED) is 0.443. The van der Waals surface area contributed by atoms with E-state index in [9.17, 15) is 14.9 Å². The summed E-state index contributed by atoms with van der Waals surface area (Å²) in [6.45, 7) is 6.16. The van der Waals surface area contributed by atoms with Crippen LogP contribution in [0.25, 0.3) is 6.08 Å². The van der Waals surface area contributed by atoms with Crippen LogP contribution < -0.4 is 15.2 Å². The van der Waals surface area contributed by atoms with E-state index in [2.05, 4.69) is 11.0 Å². The van der Waals surface area contributed by atoms with Crippen molar-refractivity contribution in [3.05, 3.63) is 61.8 Å². The fourth-order valence-electron chi connectivity index (χ4n) is 4.39. The molecule has 7 nitrogen and oxygen atoms in total. The summed E-state index contributed by atoms with van der Waals surface area (Å²) in [6.07, 6.45) is 3.89. The molecular weight excluding hydrogens is 468 g/mol. The number of aromatic nitrogens is 1. The number of ether oxygens (including phenoxy) is 1. The molecule has 0 bridgehead atoms. The van der Waals surface area contributed by atoms with Gasteiger partial charge in [-0.15, -0.1) is 0 Å². The van der Waals surface area contributed by atoms with Gasteiger partial charge in [-0.3, -0.25) is 19.1 Å². The van der Waals surface area contributed by atoms with Crippen molar-refractivity contribution in [3.63, 3.8) is 0 Å². The predicted molar refractivity (Wildman–Crippen MR) is 139 cm³/mol. The van der Waals surface area contributed by atoms with Crippen molar-refractivity contribution in [3.8, 4) is 11.8 Å². The van der Waals surface area contributed by atoms with Gasteiger partial charge in [0.05, 0.1) is 18.6 Å². The number of anilines is 1. The molecule has 0 aliphatic carbocycles. The molecule has 176 valence electrons. The molecule has 2 aliphatic heterocycles. The standard InChI is InChI=1S/C25H26N4O3S2/c1-4-28-22(27-11-5-6-12-27)19(16(2)20(14-26)23(28)30)13-21-24(31)29(25(33)34-21)15-17-7-9-18(32-3)10-8-17/h7-10,13H,4-6,11-12,15H2,1-3H3/b21-13+. The molecule has 2 aliphatic rings. The van der Waals surface area contributed by atoms with Gasteiger partial charge < -0.3 is 9.64 Å². The molecule has 2 fully saturated rings. The maximum atomic E-state index is 13.3. The third-order valence-corrected chi connectivity index (χ3v) is 7.59. The summed E-state index contributed by atoms with van der Waals surface area (Å²) in [5.74, 6) is 1.35. The first-order valence-corrected chi connectivity index (χ1v) is 12.4. The molecule has 1 aromatic carbocycles. The highest BCUT2D eigenvalue weighted by atomic mass is 32.2. The number of methoxy groups -OCH3 is 1. The van der Waals surface area contributed by atoms with Gasteiger partial charge in [0.25, 0.3) is 11.5 Å². The highest BCUT2D eigenvalue weighted by Crippen LogP contribution is 2.37. The summed E-state index contributed by atoms with van der Waals surface area (Å²) >= 11 is 6.78. The van der Waals surface area contributed by atoms with E-state index in [-0.39, 0.29) is 17.0 Å². The second kappa shape index (κ2) is 10.0. The lowest BCUT2D eigenvalue weighted by Gasteiger charge is -2.26. The van der Waals surface area contributed by atoms with E-state index in [1.807, 2.05) is 37.3 Å². The number of thioether (sulfide) groups is 1. The van der Waals surface area contributed by atoms with Crippen molar-refractivity contribution in [2.75, 3.05) is 25.1 Å². The minimum absolute atomic E-state index is 0.116. The lowest BCUT2D eigenvalue weighted by atomic mass is 10.0. The highest BCUT2D eigenvalue weighted by molar-refractivity contribution is 8.26. The molecule has 0 radical (unpaired) electrons. The molecule has 9 heteroatoms. The van der Waals surface area contributed by atoms with Gasteiger partial charge in [0.2, 0.25) is 0 Å². The molecule has 0 unspecified atom stereocenters. The number of pyridine rings is 1. The van der Waals surface area contributed by atoms with Gasteiger partial charge >= 0.3 is 0 Å². The van der Waals surface area contributed by atoms with Gasteiger partial charge in [-0.05, 0) is 56.0 Å². The summed E-state index contributed by atoms with van der Waals surface area (Å²) in [6, 6.07) is 9.60. The largest absolute Gasteiger partial charge is 0.497 e. The van der Waals surface area contributed by atoms with Crippen molar-refractivity contribution < 1.29 is 9.53 Å². The second-order valence-electron chi connectivity index (χ2n) is 8.21. The number of benzene rings is 1. The minimum Gasteiger partial charge on any atom is -0.497 e. The molecule has 0 spiro atoms. The average Bonchev–Trinajstić information content (AvgIpc) is 3.46. The summed E-state index contributed by atoms with van der Waals surface area (Å²) in [5, 5.41) is 9.69. The van der Waals surface area contributed by atoms with Gasteiger partial charge in [0.1, 0.15) is 27.5 Å². The molecule has 0 N–H and O–H groups in total. The van der Waals surface area contributed by atoms with E-state index >= 15 is 0 Å². The Morgan fingerprint density at radius 2 is 1.88 bits per heavy atom. The van der Waals surface area contributed by atoms with Crippen molar-refractivity contribution >= 4 is 46.1 Å². The van der Waals surface area contributed by atoms with Gasteiger partial charge in [0, 0.05) is 25.2 Å². The molecule has 4 rings (SSSR count). The number of amides is 1. The topological polar surface area (TPSA) is 78.6 Å². The van der Waals surface area contributed by atoms with E-state index in [1.165, 1.54) is 11.8 Å². The van der Waals surface area contributed by atoms with Crippen LogP contribution in [0.5, 0.6) is 5.75 Å². The molecular formula is C25H26N4O3S2. The molecule has 3 heterocycles. The maximum Gasteiger partial charge on any atom is 0.270 e. The average molecular weight is 495 g/mol. The van der Waals surface area contributed by atoms with Crippen LogP contribution in [-0.4, -0.2) is 39.9 Å². The first-order chi connectivity index (χ1) is 16.4. The Morgan fingerprint density at radius 1 is 1.21 bits per heavy atom. The lowest BCUT2D eigenvalue weighted by Crippen LogP contribution is -2.32. The van der Waals surface area contributed by atoms with Crippen LogP contribution in [0.1, 0.15) is 42.0 Å². The Bertz CT molecular complexity index is 1270. The van der Waals surface area contributed by atoms with Gasteiger partial charge in [-0.25, -0.2) is 0 Å². The smallest absolute Gasteiger partial charge is 0.270 e. The number of thiocarbonyl (C=S) groups is 1. The van der Waals surface area contributed by atoms with Crippen LogP contribution in [0.15, 0.2) is 34.0 Å². The number of nitrogens with zero attached hydrogens (tertiary/aromatic N) is 4. The van der Waals surface area contributed by atoms with Crippen LogP contribution in [0.4, 0.5) is 5.82 Å². The number of hydrogen-bond donors (Lipinski definition) is 0. The third-order valence-electron chi connectivity index (χ3n) is 6.22. The van der Waals surface area contributed by atoms with E-state index in [4.69, 9.17) is 17.0 Å². The Kier molecular flexibility index (Phi) is 7.10. The van der Waals surface area contributed by atoms with Crippen LogP contribution in [0.2, 0.25) is 0 Å². The zero-order valence-electron chi connectivity index (χ0n) is 19.5. The van der Waals surface area contributed by atoms with Crippen molar-refractivity contribution in [1.82, 2.24) is 9.47 Å². The summed E-state index contributed by atoms with van der Waals surface area (Å²) in [5.41, 5.74) is 2.11. The van der Waals surface area contributed by atoms with E-state index in [0.717, 1.165) is 48.6 Å². The van der Waals surface area contributed by atoms with Crippen molar-refractivity contribution in [2.45, 2.75) is 39.8 Å². The molecule has 1 aromatic heterocycles. The Hall–Kier alpha value is -3.09. The third kappa shape index (κ3) is 4.36. The molecule has 2 saturated heterocycles. The maximum absolute atomic E-state index is 13.3. The first-order valence-electron chi connectivity index (χ1n) is 11.2. The molecule has 0 saturated carbocycles. The zero-order valence-corrected chi connectivity index (χ0v) is 21.1. The Morgan fingerprint density at radius 3 is 2.47 bits per heavy atom. The van der Waals surface area contributed by atoms with Crippen LogP contribution in [0, 0.1) is 18.3 Å². The van der Waals surface area contributed by atoms with E-state index in [0.29, 0.717) is 27.9 Å². The summed E-state index contributed by atoms with van der Waals surface area (Å²) in [4.78, 5) is 30.6. The predicted octanol–water partition coefficient (Wildman–Crippen LogP) is 4.06. The van der Waals surface area contributed by atoms with Crippen molar-refractivity contribution in [2.24, 2.45) is 0 Å². The van der Waals surface area contributed by atoms with E-state index < -0.39 is 0 Å².